The highest BCUT2D eigenvalue weighted by atomic mass is 16.7. The van der Waals surface area contributed by atoms with E-state index in [1.807, 2.05) is 6.92 Å². The fourth-order valence-electron chi connectivity index (χ4n) is 7.42. The fourth-order valence-corrected chi connectivity index (χ4v) is 7.42. The summed E-state index contributed by atoms with van der Waals surface area (Å²) in [5.74, 6) is -0.890. The molecule has 3 saturated carbocycles. The lowest BCUT2D eigenvalue weighted by Crippen LogP contribution is -2.62. The average Bonchev–Trinajstić information content (AvgIpc) is 2.94. The molecule has 160 valence electrons. The molecule has 2 N–H and O–H groups in total. The van der Waals surface area contributed by atoms with E-state index < -0.39 is 29.2 Å². The normalized spacial score (nSPS) is 46.1. The number of carbonyl (C=O) groups is 3. The van der Waals surface area contributed by atoms with Crippen molar-refractivity contribution in [1.82, 2.24) is 0 Å². The summed E-state index contributed by atoms with van der Waals surface area (Å²) in [6, 6.07) is 0. The molecule has 0 spiro atoms. The first kappa shape index (κ1) is 20.4. The van der Waals surface area contributed by atoms with E-state index in [1.165, 1.54) is 7.11 Å². The molecule has 0 saturated heterocycles. The van der Waals surface area contributed by atoms with E-state index in [4.69, 9.17) is 4.74 Å². The van der Waals surface area contributed by atoms with Crippen LogP contribution in [0.3, 0.4) is 0 Å². The molecule has 0 amide bonds. The largest absolute Gasteiger partial charge is 0.509 e. The molecular formula is C22H30O7. The minimum absolute atomic E-state index is 0.0172. The number of aliphatic hydroxyl groups excluding tert-OH is 1. The molecule has 7 nitrogen and oxygen atoms in total. The number of ether oxygens (including phenoxy) is 2. The van der Waals surface area contributed by atoms with E-state index in [2.05, 4.69) is 11.7 Å². The molecular weight excluding hydrogens is 376 g/mol. The van der Waals surface area contributed by atoms with Gasteiger partial charge in [-0.05, 0) is 67.8 Å². The summed E-state index contributed by atoms with van der Waals surface area (Å²) in [5.41, 5.74) is -1.69. The van der Waals surface area contributed by atoms with Gasteiger partial charge in [-0.2, -0.15) is 0 Å². The first-order valence-electron chi connectivity index (χ1n) is 10.5. The maximum atomic E-state index is 12.4. The number of carbonyl (C=O) groups excluding carboxylic acids is 2. The Morgan fingerprint density at radius 3 is 2.55 bits per heavy atom. The molecule has 0 aromatic carbocycles. The Labute approximate surface area is 170 Å². The van der Waals surface area contributed by atoms with Crippen LogP contribution in [0, 0.1) is 28.6 Å². The van der Waals surface area contributed by atoms with Crippen molar-refractivity contribution in [3.05, 3.63) is 11.6 Å². The molecule has 7 heteroatoms. The summed E-state index contributed by atoms with van der Waals surface area (Å²) in [6.07, 6.45) is 3.96. The van der Waals surface area contributed by atoms with Crippen LogP contribution < -0.4 is 0 Å². The predicted molar refractivity (Wildman–Crippen MR) is 102 cm³/mol. The van der Waals surface area contributed by atoms with E-state index in [-0.39, 0.29) is 41.8 Å². The summed E-state index contributed by atoms with van der Waals surface area (Å²) in [6.45, 7) is 4.00. The monoisotopic (exact) mass is 406 g/mol. The van der Waals surface area contributed by atoms with Crippen molar-refractivity contribution in [2.75, 3.05) is 7.11 Å². The van der Waals surface area contributed by atoms with Crippen molar-refractivity contribution in [2.45, 2.75) is 70.5 Å². The van der Waals surface area contributed by atoms with Crippen molar-refractivity contribution in [3.63, 3.8) is 0 Å². The molecule has 4 rings (SSSR count). The van der Waals surface area contributed by atoms with Gasteiger partial charge in [0, 0.05) is 11.8 Å². The van der Waals surface area contributed by atoms with Gasteiger partial charge in [-0.1, -0.05) is 19.4 Å². The Bertz CT molecular complexity index is 788. The third-order valence-electron chi connectivity index (χ3n) is 8.79. The maximum absolute atomic E-state index is 12.4. The van der Waals surface area contributed by atoms with Crippen LogP contribution in [0.25, 0.3) is 0 Å². The van der Waals surface area contributed by atoms with Crippen molar-refractivity contribution < 1.29 is 34.1 Å². The van der Waals surface area contributed by atoms with Crippen LogP contribution in [-0.4, -0.2) is 46.9 Å². The van der Waals surface area contributed by atoms with Crippen LogP contribution in [-0.2, 0) is 19.1 Å². The van der Waals surface area contributed by atoms with E-state index in [0.29, 0.717) is 12.8 Å². The fraction of sp³-hybridized carbons (Fsp3) is 0.773. The Kier molecular flexibility index (Phi) is 4.61. The quantitative estimate of drug-likeness (QED) is 0.678. The number of ketones is 1. The minimum Gasteiger partial charge on any atom is -0.478 e. The first-order chi connectivity index (χ1) is 13.6. The Morgan fingerprint density at radius 2 is 1.90 bits per heavy atom. The van der Waals surface area contributed by atoms with Crippen molar-refractivity contribution >= 4 is 17.9 Å². The SMILES string of the molecule is COC(=O)OC1(C(=O)O)CC[C@H]2[C@@H]3CCC4=CC(=O)CC[C@]4(C)[C@@H]3C(O)C[C@@]21C. The summed E-state index contributed by atoms with van der Waals surface area (Å²) < 4.78 is 10.0. The molecule has 7 atom stereocenters. The molecule has 29 heavy (non-hydrogen) atoms. The van der Waals surface area contributed by atoms with Crippen LogP contribution in [0.1, 0.15) is 58.8 Å². The van der Waals surface area contributed by atoms with Crippen molar-refractivity contribution in [2.24, 2.45) is 28.6 Å². The standard InChI is InChI=1S/C22H30O7/c1-20-8-6-13(23)10-12(20)4-5-14-15-7-9-22(18(25)26,29-19(27)28-3)21(15,2)11-16(24)17(14)20/h10,14-17,24H,4-9,11H2,1-3H3,(H,25,26)/t14-,15-,16?,17-,20-,21-,22?/m0/s1. The zero-order valence-corrected chi connectivity index (χ0v) is 17.3. The molecule has 0 bridgehead atoms. The van der Waals surface area contributed by atoms with Gasteiger partial charge in [0.15, 0.2) is 5.78 Å². The highest BCUT2D eigenvalue weighted by Gasteiger charge is 2.71. The number of rotatable bonds is 2. The molecule has 4 aliphatic carbocycles. The average molecular weight is 406 g/mol. The molecule has 0 radical (unpaired) electrons. The predicted octanol–water partition coefficient (Wildman–Crippen LogP) is 3.10. The van der Waals surface area contributed by atoms with Gasteiger partial charge >= 0.3 is 12.1 Å². The lowest BCUT2D eigenvalue weighted by Gasteiger charge is -2.60. The molecule has 0 aromatic heterocycles. The second-order valence-corrected chi connectivity index (χ2v) is 9.80. The van der Waals surface area contributed by atoms with Gasteiger partial charge in [0.2, 0.25) is 5.60 Å². The van der Waals surface area contributed by atoms with E-state index in [0.717, 1.165) is 24.8 Å². The van der Waals surface area contributed by atoms with Crippen molar-refractivity contribution in [1.29, 1.82) is 0 Å². The van der Waals surface area contributed by atoms with E-state index >= 15 is 0 Å². The number of allylic oxidation sites excluding steroid dienone is 1. The molecule has 2 unspecified atom stereocenters. The van der Waals surface area contributed by atoms with Gasteiger partial charge in [-0.25, -0.2) is 9.59 Å². The Balaban J connectivity index is 1.74. The number of hydrogen-bond donors (Lipinski definition) is 2. The van der Waals surface area contributed by atoms with Gasteiger partial charge in [-0.3, -0.25) is 4.79 Å². The highest BCUT2D eigenvalue weighted by molar-refractivity contribution is 5.91. The molecule has 3 fully saturated rings. The summed E-state index contributed by atoms with van der Waals surface area (Å²) in [4.78, 5) is 36.2. The van der Waals surface area contributed by atoms with Gasteiger partial charge < -0.3 is 19.7 Å². The molecule has 0 aliphatic heterocycles. The lowest BCUT2D eigenvalue weighted by molar-refractivity contribution is -0.198. The molecule has 0 aromatic rings. The number of carboxylic acid groups (broad SMARTS) is 1. The topological polar surface area (TPSA) is 110 Å². The summed E-state index contributed by atoms with van der Waals surface area (Å²) in [5, 5.41) is 21.4. The third-order valence-corrected chi connectivity index (χ3v) is 8.79. The van der Waals surface area contributed by atoms with Gasteiger partial charge in [0.25, 0.3) is 0 Å². The number of aliphatic carboxylic acids is 1. The van der Waals surface area contributed by atoms with Gasteiger partial charge in [0.05, 0.1) is 13.2 Å². The first-order valence-corrected chi connectivity index (χ1v) is 10.5. The smallest absolute Gasteiger partial charge is 0.478 e. The van der Waals surface area contributed by atoms with Crippen LogP contribution in [0.2, 0.25) is 0 Å². The van der Waals surface area contributed by atoms with Crippen LogP contribution >= 0.6 is 0 Å². The highest BCUT2D eigenvalue weighted by Crippen LogP contribution is 2.68. The summed E-state index contributed by atoms with van der Waals surface area (Å²) in [7, 11) is 1.17. The van der Waals surface area contributed by atoms with Crippen LogP contribution in [0.15, 0.2) is 11.6 Å². The Morgan fingerprint density at radius 1 is 1.17 bits per heavy atom. The number of aliphatic hydroxyl groups is 1. The number of hydrogen-bond acceptors (Lipinski definition) is 6. The molecule has 0 heterocycles. The maximum Gasteiger partial charge on any atom is 0.509 e. The van der Waals surface area contributed by atoms with Crippen molar-refractivity contribution in [3.8, 4) is 0 Å². The van der Waals surface area contributed by atoms with Gasteiger partial charge in [0.1, 0.15) is 0 Å². The number of fused-ring (bicyclic) bond motifs is 5. The molecule has 4 aliphatic rings. The van der Waals surface area contributed by atoms with E-state index in [9.17, 15) is 24.6 Å². The third kappa shape index (κ3) is 2.62. The summed E-state index contributed by atoms with van der Waals surface area (Å²) >= 11 is 0. The van der Waals surface area contributed by atoms with Crippen LogP contribution in [0.5, 0.6) is 0 Å². The Hall–Kier alpha value is -1.89. The number of carboxylic acids is 1. The second-order valence-electron chi connectivity index (χ2n) is 9.80. The zero-order chi connectivity index (χ0) is 21.2. The minimum atomic E-state index is -1.70. The van der Waals surface area contributed by atoms with Crippen LogP contribution in [0.4, 0.5) is 4.79 Å². The zero-order valence-electron chi connectivity index (χ0n) is 17.3. The van der Waals surface area contributed by atoms with E-state index in [1.54, 1.807) is 6.08 Å². The van der Waals surface area contributed by atoms with Gasteiger partial charge in [-0.15, -0.1) is 0 Å². The lowest BCUT2D eigenvalue weighted by atomic mass is 9.45. The number of methoxy groups -OCH3 is 1. The second kappa shape index (κ2) is 6.56.